The first kappa shape index (κ1) is 15.8. The molecule has 0 bridgehead atoms. The summed E-state index contributed by atoms with van der Waals surface area (Å²) >= 11 is 0. The average molecular weight is 284 g/mol. The molecule has 0 unspecified atom stereocenters. The Kier molecular flexibility index (Phi) is 5.60. The second-order valence-corrected chi connectivity index (χ2v) is 6.19. The molecule has 1 aliphatic carbocycles. The molecule has 0 aromatic heterocycles. The number of para-hydroxylation sites is 1. The lowest BCUT2D eigenvalue weighted by atomic mass is 10.1. The first-order valence-electron chi connectivity index (χ1n) is 8.17. The number of rotatable bonds is 5. The number of hydrogen-bond acceptors (Lipinski definition) is 1. The Hall–Kier alpha value is -1.57. The summed E-state index contributed by atoms with van der Waals surface area (Å²) in [6.45, 7) is 12.7. The maximum absolute atomic E-state index is 4.91. The molecule has 1 aromatic carbocycles. The molecule has 114 valence electrons. The summed E-state index contributed by atoms with van der Waals surface area (Å²) in [5, 5.41) is 0. The highest BCUT2D eigenvalue weighted by molar-refractivity contribution is 5.99. The highest BCUT2D eigenvalue weighted by Gasteiger charge is 2.20. The lowest BCUT2D eigenvalue weighted by molar-refractivity contribution is 0.353. The minimum Gasteiger partial charge on any atom is -0.356 e. The van der Waals surface area contributed by atoms with Crippen LogP contribution in [0.15, 0.2) is 41.4 Å². The number of aliphatic imine (C=N–C) groups is 1. The van der Waals surface area contributed by atoms with E-state index in [1.165, 1.54) is 31.2 Å². The van der Waals surface area contributed by atoms with Crippen LogP contribution in [0.4, 0.5) is 5.69 Å². The van der Waals surface area contributed by atoms with Gasteiger partial charge in [-0.1, -0.05) is 37.6 Å². The normalized spacial score (nSPS) is 16.2. The van der Waals surface area contributed by atoms with Gasteiger partial charge in [0, 0.05) is 13.1 Å². The fourth-order valence-corrected chi connectivity index (χ4v) is 3.11. The van der Waals surface area contributed by atoms with E-state index in [-0.39, 0.29) is 0 Å². The fourth-order valence-electron chi connectivity index (χ4n) is 3.11. The van der Waals surface area contributed by atoms with E-state index >= 15 is 0 Å². The number of hydrogen-bond donors (Lipinski definition) is 0. The van der Waals surface area contributed by atoms with Crippen molar-refractivity contribution in [3.63, 3.8) is 0 Å². The van der Waals surface area contributed by atoms with Gasteiger partial charge in [0.2, 0.25) is 0 Å². The topological polar surface area (TPSA) is 15.6 Å². The van der Waals surface area contributed by atoms with Gasteiger partial charge in [0.1, 0.15) is 5.84 Å². The lowest BCUT2D eigenvalue weighted by Crippen LogP contribution is -2.35. The van der Waals surface area contributed by atoms with E-state index in [4.69, 9.17) is 4.99 Å². The molecular formula is C19H28N2. The monoisotopic (exact) mass is 284 g/mol. The second kappa shape index (κ2) is 7.44. The van der Waals surface area contributed by atoms with Gasteiger partial charge < -0.3 is 4.90 Å². The summed E-state index contributed by atoms with van der Waals surface area (Å²) in [7, 11) is 0. The van der Waals surface area contributed by atoms with Crippen LogP contribution in [0.25, 0.3) is 0 Å². The Bertz CT molecular complexity index is 510. The molecule has 1 aromatic rings. The number of nitrogens with zero attached hydrogens (tertiary/aromatic N) is 2. The molecule has 1 fully saturated rings. The summed E-state index contributed by atoms with van der Waals surface area (Å²) in [5.74, 6) is 1.88. The maximum atomic E-state index is 4.91. The van der Waals surface area contributed by atoms with Gasteiger partial charge in [-0.25, -0.2) is 4.99 Å². The highest BCUT2D eigenvalue weighted by Crippen LogP contribution is 2.27. The van der Waals surface area contributed by atoms with Crippen LogP contribution < -0.4 is 0 Å². The van der Waals surface area contributed by atoms with Gasteiger partial charge in [0.15, 0.2) is 0 Å². The number of aryl methyl sites for hydroxylation is 1. The van der Waals surface area contributed by atoms with E-state index in [2.05, 4.69) is 56.5 Å². The van der Waals surface area contributed by atoms with Crippen LogP contribution in [-0.4, -0.2) is 23.8 Å². The van der Waals surface area contributed by atoms with Crippen molar-refractivity contribution in [2.24, 2.45) is 10.9 Å². The van der Waals surface area contributed by atoms with Crippen molar-refractivity contribution in [2.45, 2.75) is 46.5 Å². The molecule has 0 heterocycles. The lowest BCUT2D eigenvalue weighted by Gasteiger charge is -2.28. The smallest absolute Gasteiger partial charge is 0.131 e. The predicted molar refractivity (Wildman–Crippen MR) is 92.3 cm³/mol. The zero-order valence-corrected chi connectivity index (χ0v) is 13.7. The Morgan fingerprint density at radius 1 is 1.29 bits per heavy atom. The quantitative estimate of drug-likeness (QED) is 0.541. The van der Waals surface area contributed by atoms with Crippen LogP contribution in [0.3, 0.4) is 0 Å². The SMILES string of the molecule is C=C(C)C(=Nc1ccccc1C)N(CC)CC1CCCC1. The molecule has 0 radical (unpaired) electrons. The van der Waals surface area contributed by atoms with E-state index in [1.54, 1.807) is 0 Å². The molecule has 2 rings (SSSR count). The maximum Gasteiger partial charge on any atom is 0.131 e. The van der Waals surface area contributed by atoms with E-state index in [0.717, 1.165) is 36.1 Å². The predicted octanol–water partition coefficient (Wildman–Crippen LogP) is 5.11. The molecule has 0 amide bonds. The van der Waals surface area contributed by atoms with Gasteiger partial charge in [-0.05, 0) is 56.7 Å². The molecule has 0 N–H and O–H groups in total. The van der Waals surface area contributed by atoms with Crippen LogP contribution in [0.2, 0.25) is 0 Å². The Labute approximate surface area is 129 Å². The van der Waals surface area contributed by atoms with Crippen molar-refractivity contribution < 1.29 is 0 Å². The Morgan fingerprint density at radius 3 is 2.52 bits per heavy atom. The van der Waals surface area contributed by atoms with Crippen molar-refractivity contribution in [1.82, 2.24) is 4.90 Å². The third kappa shape index (κ3) is 4.20. The minimum absolute atomic E-state index is 0.825. The highest BCUT2D eigenvalue weighted by atomic mass is 15.2. The van der Waals surface area contributed by atoms with Gasteiger partial charge in [0.05, 0.1) is 5.69 Å². The van der Waals surface area contributed by atoms with E-state index < -0.39 is 0 Å². The third-order valence-electron chi connectivity index (χ3n) is 4.36. The van der Waals surface area contributed by atoms with Gasteiger partial charge in [-0.2, -0.15) is 0 Å². The number of likely N-dealkylation sites (N-methyl/N-ethyl adjacent to an activating group) is 1. The van der Waals surface area contributed by atoms with Crippen molar-refractivity contribution in [3.05, 3.63) is 42.0 Å². The second-order valence-electron chi connectivity index (χ2n) is 6.19. The molecular weight excluding hydrogens is 256 g/mol. The molecule has 0 spiro atoms. The fraction of sp³-hybridized carbons (Fsp3) is 0.526. The summed E-state index contributed by atoms with van der Waals surface area (Å²) in [6, 6.07) is 8.31. The van der Waals surface area contributed by atoms with Crippen LogP contribution >= 0.6 is 0 Å². The zero-order valence-electron chi connectivity index (χ0n) is 13.7. The molecule has 1 aliphatic rings. The van der Waals surface area contributed by atoms with Crippen molar-refractivity contribution in [3.8, 4) is 0 Å². The summed E-state index contributed by atoms with van der Waals surface area (Å²) in [4.78, 5) is 7.32. The Morgan fingerprint density at radius 2 is 1.95 bits per heavy atom. The van der Waals surface area contributed by atoms with Crippen LogP contribution in [0.1, 0.15) is 45.1 Å². The summed E-state index contributed by atoms with van der Waals surface area (Å²) in [6.07, 6.45) is 5.51. The molecule has 0 aliphatic heterocycles. The van der Waals surface area contributed by atoms with E-state index in [0.29, 0.717) is 0 Å². The van der Waals surface area contributed by atoms with Gasteiger partial charge in [0.25, 0.3) is 0 Å². The Balaban J connectivity index is 2.23. The van der Waals surface area contributed by atoms with E-state index in [9.17, 15) is 0 Å². The van der Waals surface area contributed by atoms with E-state index in [1.807, 2.05) is 0 Å². The van der Waals surface area contributed by atoms with Crippen molar-refractivity contribution in [2.75, 3.05) is 13.1 Å². The summed E-state index contributed by atoms with van der Waals surface area (Å²) in [5.41, 5.74) is 3.33. The van der Waals surface area contributed by atoms with Crippen molar-refractivity contribution in [1.29, 1.82) is 0 Å². The van der Waals surface area contributed by atoms with Crippen molar-refractivity contribution >= 4 is 11.5 Å². The molecule has 2 heteroatoms. The molecule has 1 saturated carbocycles. The van der Waals surface area contributed by atoms with Gasteiger partial charge >= 0.3 is 0 Å². The van der Waals surface area contributed by atoms with Crippen LogP contribution in [-0.2, 0) is 0 Å². The first-order chi connectivity index (χ1) is 10.1. The number of benzene rings is 1. The standard InChI is InChI=1S/C19H28N2/c1-5-21(14-17-11-7-8-12-17)19(15(2)3)20-18-13-9-6-10-16(18)4/h6,9-10,13,17H,2,5,7-8,11-12,14H2,1,3-4H3. The number of amidine groups is 1. The van der Waals surface area contributed by atoms with Gasteiger partial charge in [-0.15, -0.1) is 0 Å². The van der Waals surface area contributed by atoms with Crippen LogP contribution in [0.5, 0.6) is 0 Å². The molecule has 0 atom stereocenters. The van der Waals surface area contributed by atoms with Crippen LogP contribution in [0, 0.1) is 12.8 Å². The average Bonchev–Trinajstić information content (AvgIpc) is 2.97. The molecule has 0 saturated heterocycles. The molecule has 2 nitrogen and oxygen atoms in total. The van der Waals surface area contributed by atoms with Gasteiger partial charge in [-0.3, -0.25) is 0 Å². The zero-order chi connectivity index (χ0) is 15.2. The third-order valence-corrected chi connectivity index (χ3v) is 4.36. The minimum atomic E-state index is 0.825. The summed E-state index contributed by atoms with van der Waals surface area (Å²) < 4.78 is 0. The largest absolute Gasteiger partial charge is 0.356 e. The first-order valence-corrected chi connectivity index (χ1v) is 8.17. The molecule has 21 heavy (non-hydrogen) atoms.